The Morgan fingerprint density at radius 1 is 1.13 bits per heavy atom. The molecule has 2 aliphatic heterocycles. The van der Waals surface area contributed by atoms with Gasteiger partial charge in [0.15, 0.2) is 11.7 Å². The van der Waals surface area contributed by atoms with Crippen LogP contribution < -0.4 is 5.32 Å². The number of hydrogen-bond donors (Lipinski definition) is 1. The van der Waals surface area contributed by atoms with Crippen LogP contribution in [0.25, 0.3) is 0 Å². The van der Waals surface area contributed by atoms with Gasteiger partial charge in [0.05, 0.1) is 16.1 Å². The number of aromatic nitrogens is 2. The van der Waals surface area contributed by atoms with Crippen LogP contribution in [0, 0.1) is 0 Å². The third-order valence-electron chi connectivity index (χ3n) is 6.18. The number of likely N-dealkylation sites (tertiary alicyclic amines) is 1. The molecule has 31 heavy (non-hydrogen) atoms. The lowest BCUT2D eigenvalue weighted by atomic mass is 9.96. The molecule has 0 aliphatic carbocycles. The van der Waals surface area contributed by atoms with Gasteiger partial charge in [0, 0.05) is 24.6 Å². The number of rotatable bonds is 2. The van der Waals surface area contributed by atoms with Gasteiger partial charge < -0.3 is 10.2 Å². The van der Waals surface area contributed by atoms with Crippen LogP contribution in [0.15, 0.2) is 24.3 Å². The molecule has 0 unspecified atom stereocenters. The standard InChI is InChI=1S/C21H23Cl2F3N4O/c1-11-4-3-5-12(2)29(11)20(31)17-10-19-27-16(13-6-7-14(22)15(23)8-13)9-18(21(24,25)26)30(19)28-17/h6-8,10-12,16,18,27H,3-5,9H2,1-2H3/t11-,12+,16-,18-/m1/s1. The van der Waals surface area contributed by atoms with Crippen molar-refractivity contribution in [2.75, 3.05) is 5.32 Å². The molecule has 0 spiro atoms. The van der Waals surface area contributed by atoms with Crippen molar-refractivity contribution in [1.29, 1.82) is 0 Å². The summed E-state index contributed by atoms with van der Waals surface area (Å²) in [6.07, 6.45) is -2.04. The van der Waals surface area contributed by atoms with Crippen molar-refractivity contribution in [3.05, 3.63) is 45.6 Å². The average molecular weight is 475 g/mol. The van der Waals surface area contributed by atoms with Crippen LogP contribution in [0.4, 0.5) is 19.0 Å². The lowest BCUT2D eigenvalue weighted by Crippen LogP contribution is -2.47. The third kappa shape index (κ3) is 4.24. The highest BCUT2D eigenvalue weighted by Gasteiger charge is 2.47. The smallest absolute Gasteiger partial charge is 0.363 e. The molecule has 2 aromatic rings. The van der Waals surface area contributed by atoms with Gasteiger partial charge >= 0.3 is 6.18 Å². The van der Waals surface area contributed by atoms with E-state index in [1.54, 1.807) is 23.1 Å². The largest absolute Gasteiger partial charge is 0.410 e. The molecule has 1 amide bonds. The van der Waals surface area contributed by atoms with E-state index in [0.29, 0.717) is 10.6 Å². The highest BCUT2D eigenvalue weighted by Crippen LogP contribution is 2.44. The number of piperidine rings is 1. The van der Waals surface area contributed by atoms with Crippen molar-refractivity contribution >= 4 is 34.9 Å². The topological polar surface area (TPSA) is 50.2 Å². The minimum atomic E-state index is -4.52. The van der Waals surface area contributed by atoms with Gasteiger partial charge in [-0.3, -0.25) is 4.79 Å². The fraction of sp³-hybridized carbons (Fsp3) is 0.524. The highest BCUT2D eigenvalue weighted by molar-refractivity contribution is 6.42. The van der Waals surface area contributed by atoms with Crippen LogP contribution in [0.2, 0.25) is 10.0 Å². The maximum absolute atomic E-state index is 13.9. The molecule has 1 aromatic heterocycles. The van der Waals surface area contributed by atoms with Crippen LogP contribution in [0.3, 0.4) is 0 Å². The van der Waals surface area contributed by atoms with Crippen LogP contribution in [-0.2, 0) is 0 Å². The number of carbonyl (C=O) groups excluding carboxylic acids is 1. The highest BCUT2D eigenvalue weighted by atomic mass is 35.5. The molecule has 5 nitrogen and oxygen atoms in total. The Labute approximate surface area is 188 Å². The van der Waals surface area contributed by atoms with Crippen molar-refractivity contribution in [1.82, 2.24) is 14.7 Å². The number of benzene rings is 1. The van der Waals surface area contributed by atoms with Crippen molar-refractivity contribution in [2.45, 2.75) is 69.9 Å². The van der Waals surface area contributed by atoms with Gasteiger partial charge in [-0.25, -0.2) is 4.68 Å². The second-order valence-corrected chi connectivity index (χ2v) is 9.18. The molecule has 4 atom stereocenters. The second kappa shape index (κ2) is 8.20. The molecule has 0 radical (unpaired) electrons. The molecule has 3 heterocycles. The summed E-state index contributed by atoms with van der Waals surface area (Å²) in [4.78, 5) is 14.9. The molecular formula is C21H23Cl2F3N4O. The number of nitrogens with one attached hydrogen (secondary N) is 1. The van der Waals surface area contributed by atoms with Gasteiger partial charge in [0.1, 0.15) is 5.82 Å². The number of amides is 1. The maximum atomic E-state index is 13.9. The first kappa shape index (κ1) is 22.3. The Balaban J connectivity index is 1.69. The average Bonchev–Trinajstić information content (AvgIpc) is 3.12. The summed E-state index contributed by atoms with van der Waals surface area (Å²) < 4.78 is 42.6. The fourth-order valence-electron chi connectivity index (χ4n) is 4.58. The summed E-state index contributed by atoms with van der Waals surface area (Å²) in [5, 5.41) is 7.79. The zero-order valence-electron chi connectivity index (χ0n) is 17.1. The number of halogens is 5. The summed E-state index contributed by atoms with van der Waals surface area (Å²) >= 11 is 12.0. The molecule has 168 valence electrons. The molecule has 1 saturated heterocycles. The van der Waals surface area contributed by atoms with Crippen molar-refractivity contribution < 1.29 is 18.0 Å². The first-order chi connectivity index (χ1) is 14.6. The quantitative estimate of drug-likeness (QED) is 0.559. The second-order valence-electron chi connectivity index (χ2n) is 8.36. The number of anilines is 1. The number of alkyl halides is 3. The summed E-state index contributed by atoms with van der Waals surface area (Å²) in [5.74, 6) is -0.180. The summed E-state index contributed by atoms with van der Waals surface area (Å²) in [5.41, 5.74) is 0.606. The minimum absolute atomic E-state index is 0.0188. The van der Waals surface area contributed by atoms with Gasteiger partial charge in [-0.2, -0.15) is 18.3 Å². The fourth-order valence-corrected chi connectivity index (χ4v) is 4.89. The molecule has 1 aromatic carbocycles. The van der Waals surface area contributed by atoms with E-state index < -0.39 is 18.3 Å². The zero-order valence-corrected chi connectivity index (χ0v) is 18.6. The normalized spacial score (nSPS) is 26.4. The van der Waals surface area contributed by atoms with E-state index in [-0.39, 0.29) is 40.9 Å². The van der Waals surface area contributed by atoms with Crippen LogP contribution in [0.1, 0.15) is 67.7 Å². The minimum Gasteiger partial charge on any atom is -0.363 e. The van der Waals surface area contributed by atoms with Gasteiger partial charge in [-0.1, -0.05) is 29.3 Å². The van der Waals surface area contributed by atoms with Gasteiger partial charge in [0.2, 0.25) is 0 Å². The van der Waals surface area contributed by atoms with Crippen molar-refractivity contribution in [3.63, 3.8) is 0 Å². The van der Waals surface area contributed by atoms with Gasteiger partial charge in [-0.15, -0.1) is 0 Å². The molecule has 0 bridgehead atoms. The first-order valence-electron chi connectivity index (χ1n) is 10.3. The van der Waals surface area contributed by atoms with Crippen molar-refractivity contribution in [3.8, 4) is 0 Å². The Morgan fingerprint density at radius 3 is 2.42 bits per heavy atom. The Kier molecular flexibility index (Phi) is 5.89. The van der Waals surface area contributed by atoms with Gasteiger partial charge in [0.25, 0.3) is 5.91 Å². The Morgan fingerprint density at radius 2 is 1.81 bits per heavy atom. The van der Waals surface area contributed by atoms with E-state index in [1.165, 1.54) is 6.07 Å². The van der Waals surface area contributed by atoms with Crippen LogP contribution >= 0.6 is 23.2 Å². The van der Waals surface area contributed by atoms with E-state index in [9.17, 15) is 18.0 Å². The molecular weight excluding hydrogens is 452 g/mol. The summed E-state index contributed by atoms with van der Waals surface area (Å²) in [6.45, 7) is 3.92. The zero-order chi connectivity index (χ0) is 22.5. The predicted octanol–water partition coefficient (Wildman–Crippen LogP) is 6.25. The van der Waals surface area contributed by atoms with Crippen LogP contribution in [-0.4, -0.2) is 38.8 Å². The Hall–Kier alpha value is -1.93. The van der Waals surface area contributed by atoms with Crippen molar-refractivity contribution in [2.24, 2.45) is 0 Å². The third-order valence-corrected chi connectivity index (χ3v) is 6.92. The van der Waals surface area contributed by atoms with E-state index in [4.69, 9.17) is 23.2 Å². The molecule has 0 saturated carbocycles. The van der Waals surface area contributed by atoms with E-state index in [1.807, 2.05) is 13.8 Å². The van der Waals surface area contributed by atoms with E-state index >= 15 is 0 Å². The first-order valence-corrected chi connectivity index (χ1v) is 11.0. The lowest BCUT2D eigenvalue weighted by molar-refractivity contribution is -0.173. The van der Waals surface area contributed by atoms with E-state index in [2.05, 4.69) is 10.4 Å². The number of fused-ring (bicyclic) bond motifs is 1. The number of carbonyl (C=O) groups is 1. The number of hydrogen-bond acceptors (Lipinski definition) is 3. The lowest BCUT2D eigenvalue weighted by Gasteiger charge is -2.38. The molecule has 4 rings (SSSR count). The Bertz CT molecular complexity index is 983. The SMILES string of the molecule is C[C@@H]1CCC[C@H](C)N1C(=O)c1cc2n(n1)[C@@H](C(F)(F)F)C[C@H](c1ccc(Cl)c(Cl)c1)N2. The van der Waals surface area contributed by atoms with E-state index in [0.717, 1.165) is 23.9 Å². The molecule has 1 N–H and O–H groups in total. The summed E-state index contributed by atoms with van der Waals surface area (Å²) in [7, 11) is 0. The monoisotopic (exact) mass is 474 g/mol. The van der Waals surface area contributed by atoms with Crippen LogP contribution in [0.5, 0.6) is 0 Å². The molecule has 2 aliphatic rings. The van der Waals surface area contributed by atoms with Gasteiger partial charge in [-0.05, 0) is 50.8 Å². The molecule has 1 fully saturated rings. The predicted molar refractivity (Wildman–Crippen MR) is 114 cm³/mol. The molecule has 10 heteroatoms. The maximum Gasteiger partial charge on any atom is 0.410 e. The number of nitrogens with zero attached hydrogens (tertiary/aromatic N) is 3. The summed E-state index contributed by atoms with van der Waals surface area (Å²) in [6, 6.07) is 3.71.